The van der Waals surface area contributed by atoms with Crippen LogP contribution in [0.1, 0.15) is 57.2 Å². The number of nitrogens with one attached hydrogen (secondary N) is 1. The summed E-state index contributed by atoms with van der Waals surface area (Å²) in [5.41, 5.74) is 1.18. The van der Waals surface area contributed by atoms with Crippen LogP contribution in [0.5, 0.6) is 0 Å². The second-order valence-electron chi connectivity index (χ2n) is 5.24. The predicted octanol–water partition coefficient (Wildman–Crippen LogP) is 3.20. The Balaban J connectivity index is 2.07. The first-order valence-corrected chi connectivity index (χ1v) is 7.80. The maximum absolute atomic E-state index is 4.10. The molecule has 1 aromatic heterocycles. The van der Waals surface area contributed by atoms with Gasteiger partial charge in [-0.05, 0) is 34.8 Å². The van der Waals surface area contributed by atoms with Crippen LogP contribution in [0.2, 0.25) is 0 Å². The molecule has 0 aromatic carbocycles. The number of hydrogen-bond donors (Lipinski definition) is 1. The van der Waals surface area contributed by atoms with E-state index < -0.39 is 0 Å². The standard InChI is InChI=1S/C13H23BrN4/c1-3-15-11(9-10-7-5-4-6-8-10)12-13(14)16-17-18(12)2/h10-11,15H,3-9H2,1-2H3. The molecule has 1 heterocycles. The second kappa shape index (κ2) is 6.66. The summed E-state index contributed by atoms with van der Waals surface area (Å²) >= 11 is 3.52. The predicted molar refractivity (Wildman–Crippen MR) is 76.3 cm³/mol. The van der Waals surface area contributed by atoms with Crippen molar-refractivity contribution in [2.45, 2.75) is 51.5 Å². The Morgan fingerprint density at radius 3 is 2.67 bits per heavy atom. The second-order valence-corrected chi connectivity index (χ2v) is 5.99. The Hall–Kier alpha value is -0.420. The molecule has 1 N–H and O–H groups in total. The van der Waals surface area contributed by atoms with Gasteiger partial charge in [-0.2, -0.15) is 0 Å². The van der Waals surface area contributed by atoms with E-state index >= 15 is 0 Å². The van der Waals surface area contributed by atoms with E-state index in [0.717, 1.165) is 17.1 Å². The van der Waals surface area contributed by atoms with Crippen LogP contribution < -0.4 is 5.32 Å². The number of rotatable bonds is 5. The van der Waals surface area contributed by atoms with Gasteiger partial charge in [-0.3, -0.25) is 0 Å². The molecule has 1 aliphatic rings. The molecule has 0 amide bonds. The Morgan fingerprint density at radius 1 is 1.39 bits per heavy atom. The molecular formula is C13H23BrN4. The highest BCUT2D eigenvalue weighted by atomic mass is 79.9. The van der Waals surface area contributed by atoms with Gasteiger partial charge in [-0.15, -0.1) is 5.10 Å². The van der Waals surface area contributed by atoms with Gasteiger partial charge in [0, 0.05) is 7.05 Å². The average Bonchev–Trinajstić information content (AvgIpc) is 2.70. The molecule has 1 unspecified atom stereocenters. The van der Waals surface area contributed by atoms with Crippen molar-refractivity contribution in [1.29, 1.82) is 0 Å². The van der Waals surface area contributed by atoms with Crippen molar-refractivity contribution >= 4 is 15.9 Å². The van der Waals surface area contributed by atoms with Crippen LogP contribution in [0.4, 0.5) is 0 Å². The minimum atomic E-state index is 0.368. The first-order valence-electron chi connectivity index (χ1n) is 7.00. The zero-order chi connectivity index (χ0) is 13.0. The lowest BCUT2D eigenvalue weighted by atomic mass is 9.84. The van der Waals surface area contributed by atoms with E-state index in [4.69, 9.17) is 0 Å². The third kappa shape index (κ3) is 3.32. The Kier molecular flexibility index (Phi) is 5.18. The van der Waals surface area contributed by atoms with Crippen LogP contribution in [0.15, 0.2) is 4.60 Å². The van der Waals surface area contributed by atoms with Crippen molar-refractivity contribution < 1.29 is 0 Å². The molecule has 4 nitrogen and oxygen atoms in total. The lowest BCUT2D eigenvalue weighted by molar-refractivity contribution is 0.296. The number of nitrogens with zero attached hydrogens (tertiary/aromatic N) is 3. The molecule has 1 aromatic rings. The summed E-state index contributed by atoms with van der Waals surface area (Å²) in [5, 5.41) is 11.8. The van der Waals surface area contributed by atoms with E-state index in [2.05, 4.69) is 38.5 Å². The van der Waals surface area contributed by atoms with Crippen molar-refractivity contribution in [2.24, 2.45) is 13.0 Å². The van der Waals surface area contributed by atoms with E-state index in [1.165, 1.54) is 44.2 Å². The average molecular weight is 315 g/mol. The van der Waals surface area contributed by atoms with Crippen LogP contribution in [0.25, 0.3) is 0 Å². The van der Waals surface area contributed by atoms with E-state index in [9.17, 15) is 0 Å². The molecular weight excluding hydrogens is 292 g/mol. The van der Waals surface area contributed by atoms with Gasteiger partial charge >= 0.3 is 0 Å². The fraction of sp³-hybridized carbons (Fsp3) is 0.846. The maximum Gasteiger partial charge on any atom is 0.153 e. The topological polar surface area (TPSA) is 42.7 Å². The molecule has 1 aliphatic carbocycles. The van der Waals surface area contributed by atoms with Crippen LogP contribution in [0, 0.1) is 5.92 Å². The summed E-state index contributed by atoms with van der Waals surface area (Å²) in [4.78, 5) is 0. The van der Waals surface area contributed by atoms with Gasteiger partial charge in [0.15, 0.2) is 4.60 Å². The Morgan fingerprint density at radius 2 is 2.11 bits per heavy atom. The van der Waals surface area contributed by atoms with Crippen molar-refractivity contribution in [2.75, 3.05) is 6.54 Å². The molecule has 1 saturated carbocycles. The van der Waals surface area contributed by atoms with Gasteiger partial charge in [0.1, 0.15) is 0 Å². The molecule has 0 bridgehead atoms. The van der Waals surface area contributed by atoms with Crippen molar-refractivity contribution in [1.82, 2.24) is 20.3 Å². The van der Waals surface area contributed by atoms with Crippen LogP contribution in [-0.2, 0) is 7.05 Å². The Labute approximate surface area is 118 Å². The van der Waals surface area contributed by atoms with E-state index in [1.807, 2.05) is 11.7 Å². The van der Waals surface area contributed by atoms with Gasteiger partial charge in [-0.1, -0.05) is 44.2 Å². The first-order chi connectivity index (χ1) is 8.72. The van der Waals surface area contributed by atoms with Gasteiger partial charge in [-0.25, -0.2) is 4.68 Å². The van der Waals surface area contributed by atoms with Crippen LogP contribution in [-0.4, -0.2) is 21.5 Å². The van der Waals surface area contributed by atoms with E-state index in [0.29, 0.717) is 6.04 Å². The highest BCUT2D eigenvalue weighted by Gasteiger charge is 2.24. The molecule has 18 heavy (non-hydrogen) atoms. The number of aromatic nitrogens is 3. The lowest BCUT2D eigenvalue weighted by Crippen LogP contribution is -2.26. The minimum absolute atomic E-state index is 0.368. The summed E-state index contributed by atoms with van der Waals surface area (Å²) in [6.07, 6.45) is 8.17. The van der Waals surface area contributed by atoms with E-state index in [1.54, 1.807) is 0 Å². The molecule has 2 rings (SSSR count). The smallest absolute Gasteiger partial charge is 0.153 e. The zero-order valence-corrected chi connectivity index (χ0v) is 12.9. The number of hydrogen-bond acceptors (Lipinski definition) is 3. The van der Waals surface area contributed by atoms with Crippen LogP contribution >= 0.6 is 15.9 Å². The molecule has 0 radical (unpaired) electrons. The molecule has 1 atom stereocenters. The van der Waals surface area contributed by atoms with Gasteiger partial charge in [0.05, 0.1) is 11.7 Å². The lowest BCUT2D eigenvalue weighted by Gasteiger charge is -2.27. The third-order valence-electron chi connectivity index (χ3n) is 3.90. The molecule has 5 heteroatoms. The highest BCUT2D eigenvalue weighted by molar-refractivity contribution is 9.10. The minimum Gasteiger partial charge on any atom is -0.309 e. The number of halogens is 1. The highest BCUT2D eigenvalue weighted by Crippen LogP contribution is 2.33. The summed E-state index contributed by atoms with van der Waals surface area (Å²) in [6.45, 7) is 3.14. The molecule has 1 fully saturated rings. The molecule has 0 spiro atoms. The maximum atomic E-state index is 4.10. The Bertz CT molecular complexity index is 352. The normalized spacial score (nSPS) is 19.1. The van der Waals surface area contributed by atoms with Crippen molar-refractivity contribution in [3.8, 4) is 0 Å². The summed E-state index contributed by atoms with van der Waals surface area (Å²) in [7, 11) is 1.97. The van der Waals surface area contributed by atoms with E-state index in [-0.39, 0.29) is 0 Å². The summed E-state index contributed by atoms with van der Waals surface area (Å²) < 4.78 is 2.77. The van der Waals surface area contributed by atoms with Crippen molar-refractivity contribution in [3.05, 3.63) is 10.3 Å². The summed E-state index contributed by atoms with van der Waals surface area (Å²) in [5.74, 6) is 0.851. The molecule has 0 aliphatic heterocycles. The van der Waals surface area contributed by atoms with Crippen molar-refractivity contribution in [3.63, 3.8) is 0 Å². The van der Waals surface area contributed by atoms with Gasteiger partial charge in [0.2, 0.25) is 0 Å². The number of aryl methyl sites for hydroxylation is 1. The largest absolute Gasteiger partial charge is 0.309 e. The monoisotopic (exact) mass is 314 g/mol. The fourth-order valence-corrected chi connectivity index (χ4v) is 3.61. The summed E-state index contributed by atoms with van der Waals surface area (Å²) in [6, 6.07) is 0.368. The van der Waals surface area contributed by atoms with Gasteiger partial charge in [0.25, 0.3) is 0 Å². The first kappa shape index (κ1) is 14.0. The quantitative estimate of drug-likeness (QED) is 0.907. The molecule has 0 saturated heterocycles. The van der Waals surface area contributed by atoms with Gasteiger partial charge < -0.3 is 5.32 Å². The van der Waals surface area contributed by atoms with Crippen LogP contribution in [0.3, 0.4) is 0 Å². The molecule has 102 valence electrons. The SMILES string of the molecule is CCNC(CC1CCCCC1)c1c(Br)nnn1C. The zero-order valence-electron chi connectivity index (χ0n) is 11.3. The third-order valence-corrected chi connectivity index (χ3v) is 4.47. The fourth-order valence-electron chi connectivity index (χ4n) is 3.00.